The molecule has 0 saturated carbocycles. The van der Waals surface area contributed by atoms with Gasteiger partial charge in [0.25, 0.3) is 0 Å². The van der Waals surface area contributed by atoms with Crippen LogP contribution < -0.4 is 0 Å². The average Bonchev–Trinajstić information content (AvgIpc) is 2.30. The quantitative estimate of drug-likeness (QED) is 0.201. The van der Waals surface area contributed by atoms with Gasteiger partial charge < -0.3 is 9.47 Å². The van der Waals surface area contributed by atoms with Crippen molar-refractivity contribution in [2.24, 2.45) is 0 Å². The topological polar surface area (TPSA) is 18.5 Å². The lowest BCUT2D eigenvalue weighted by atomic mass is 10.1. The van der Waals surface area contributed by atoms with Gasteiger partial charge in [-0.3, -0.25) is 0 Å². The largest absolute Gasteiger partial charge is 0.355 e. The Balaban J connectivity index is 2.89. The van der Waals surface area contributed by atoms with E-state index in [2.05, 4.69) is 36.4 Å². The lowest BCUT2D eigenvalue weighted by Crippen LogP contribution is -2.04. The standard InChI is InChI=1S/C14H29IO2/c1-3-4-5-6-7-8-11-16-13-17-12-9-10-14(2)15/h14H,3-13H2,1-2H3. The summed E-state index contributed by atoms with van der Waals surface area (Å²) in [5, 5.41) is 0. The Labute approximate surface area is 121 Å². The van der Waals surface area contributed by atoms with Crippen LogP contribution in [0.4, 0.5) is 0 Å². The normalized spacial score (nSPS) is 12.9. The number of unbranched alkanes of at least 4 members (excludes halogenated alkanes) is 5. The van der Waals surface area contributed by atoms with Gasteiger partial charge >= 0.3 is 0 Å². The highest BCUT2D eigenvalue weighted by Crippen LogP contribution is 2.07. The summed E-state index contributed by atoms with van der Waals surface area (Å²) >= 11 is 2.45. The van der Waals surface area contributed by atoms with Crippen molar-refractivity contribution in [3.63, 3.8) is 0 Å². The van der Waals surface area contributed by atoms with Crippen molar-refractivity contribution in [3.05, 3.63) is 0 Å². The molecule has 0 fully saturated rings. The van der Waals surface area contributed by atoms with Crippen LogP contribution in [0.3, 0.4) is 0 Å². The molecule has 1 atom stereocenters. The molecule has 0 aliphatic heterocycles. The Morgan fingerprint density at radius 3 is 2.12 bits per heavy atom. The number of rotatable bonds is 13. The predicted molar refractivity (Wildman–Crippen MR) is 82.9 cm³/mol. The third kappa shape index (κ3) is 16.6. The molecule has 3 heteroatoms. The second-order valence-electron chi connectivity index (χ2n) is 4.63. The van der Waals surface area contributed by atoms with Crippen molar-refractivity contribution in [2.45, 2.75) is 69.1 Å². The van der Waals surface area contributed by atoms with Gasteiger partial charge in [0, 0.05) is 17.1 Å². The van der Waals surface area contributed by atoms with Gasteiger partial charge in [-0.05, 0) is 19.3 Å². The molecule has 0 heterocycles. The van der Waals surface area contributed by atoms with Crippen LogP contribution in [0.25, 0.3) is 0 Å². The molecule has 0 aromatic rings. The Kier molecular flexibility index (Phi) is 15.3. The highest BCUT2D eigenvalue weighted by molar-refractivity contribution is 14.1. The molecule has 0 aromatic carbocycles. The summed E-state index contributed by atoms with van der Waals surface area (Å²) in [7, 11) is 0. The maximum absolute atomic E-state index is 5.42. The first-order valence-electron chi connectivity index (χ1n) is 7.07. The van der Waals surface area contributed by atoms with E-state index in [1.54, 1.807) is 0 Å². The molecular formula is C14H29IO2. The fourth-order valence-electron chi connectivity index (χ4n) is 1.63. The van der Waals surface area contributed by atoms with E-state index in [9.17, 15) is 0 Å². The van der Waals surface area contributed by atoms with Crippen LogP contribution in [0, 0.1) is 0 Å². The SMILES string of the molecule is CCCCCCCCOCOCCCC(C)I. The van der Waals surface area contributed by atoms with Gasteiger partial charge in [0.2, 0.25) is 0 Å². The summed E-state index contributed by atoms with van der Waals surface area (Å²) in [6.07, 6.45) is 10.3. The first kappa shape index (κ1) is 17.6. The van der Waals surface area contributed by atoms with E-state index in [4.69, 9.17) is 9.47 Å². The number of hydrogen-bond donors (Lipinski definition) is 0. The maximum Gasteiger partial charge on any atom is 0.146 e. The first-order valence-corrected chi connectivity index (χ1v) is 8.31. The molecule has 0 bridgehead atoms. The summed E-state index contributed by atoms with van der Waals surface area (Å²) in [6, 6.07) is 0. The molecule has 104 valence electrons. The molecule has 0 aliphatic rings. The van der Waals surface area contributed by atoms with Crippen molar-refractivity contribution < 1.29 is 9.47 Å². The van der Waals surface area contributed by atoms with E-state index in [0.29, 0.717) is 6.79 Å². The second kappa shape index (κ2) is 14.7. The molecule has 17 heavy (non-hydrogen) atoms. The highest BCUT2D eigenvalue weighted by atomic mass is 127. The number of hydrogen-bond acceptors (Lipinski definition) is 2. The third-order valence-electron chi connectivity index (χ3n) is 2.70. The summed E-state index contributed by atoms with van der Waals surface area (Å²) < 4.78 is 11.6. The van der Waals surface area contributed by atoms with Gasteiger partial charge in [-0.15, -0.1) is 0 Å². The van der Waals surface area contributed by atoms with E-state index >= 15 is 0 Å². The minimum atomic E-state index is 0.477. The molecule has 0 spiro atoms. The number of ether oxygens (including phenoxy) is 2. The van der Waals surface area contributed by atoms with Crippen molar-refractivity contribution in [2.75, 3.05) is 20.0 Å². The van der Waals surface area contributed by atoms with Crippen LogP contribution in [0.2, 0.25) is 0 Å². The van der Waals surface area contributed by atoms with Gasteiger partial charge in [-0.2, -0.15) is 0 Å². The van der Waals surface area contributed by atoms with Crippen LogP contribution in [0.5, 0.6) is 0 Å². The lowest BCUT2D eigenvalue weighted by Gasteiger charge is -2.06. The smallest absolute Gasteiger partial charge is 0.146 e. The van der Waals surface area contributed by atoms with E-state index < -0.39 is 0 Å². The molecule has 0 aromatic heterocycles. The van der Waals surface area contributed by atoms with Crippen LogP contribution in [0.15, 0.2) is 0 Å². The van der Waals surface area contributed by atoms with Crippen LogP contribution >= 0.6 is 22.6 Å². The molecular weight excluding hydrogens is 327 g/mol. The molecule has 0 saturated heterocycles. The van der Waals surface area contributed by atoms with Crippen molar-refractivity contribution in [3.8, 4) is 0 Å². The van der Waals surface area contributed by atoms with Crippen LogP contribution in [-0.4, -0.2) is 23.9 Å². The van der Waals surface area contributed by atoms with Gasteiger partial charge in [0.05, 0.1) is 0 Å². The van der Waals surface area contributed by atoms with Gasteiger partial charge in [-0.1, -0.05) is 68.5 Å². The van der Waals surface area contributed by atoms with E-state index in [0.717, 1.165) is 23.6 Å². The minimum absolute atomic E-state index is 0.477. The van der Waals surface area contributed by atoms with E-state index in [-0.39, 0.29) is 0 Å². The molecule has 0 aliphatic carbocycles. The molecule has 0 N–H and O–H groups in total. The highest BCUT2D eigenvalue weighted by Gasteiger charge is 1.95. The van der Waals surface area contributed by atoms with Crippen LogP contribution in [-0.2, 0) is 9.47 Å². The molecule has 1 unspecified atom stereocenters. The average molecular weight is 356 g/mol. The Morgan fingerprint density at radius 1 is 0.882 bits per heavy atom. The maximum atomic E-state index is 5.42. The second-order valence-corrected chi connectivity index (χ2v) is 6.75. The fourth-order valence-corrected chi connectivity index (χ4v) is 2.07. The zero-order valence-corrected chi connectivity index (χ0v) is 13.7. The molecule has 2 nitrogen and oxygen atoms in total. The van der Waals surface area contributed by atoms with Crippen molar-refractivity contribution in [1.29, 1.82) is 0 Å². The number of halogens is 1. The molecule has 0 rings (SSSR count). The lowest BCUT2D eigenvalue weighted by molar-refractivity contribution is -0.0554. The minimum Gasteiger partial charge on any atom is -0.355 e. The zero-order valence-electron chi connectivity index (χ0n) is 11.5. The summed E-state index contributed by atoms with van der Waals surface area (Å²) in [4.78, 5) is 0. The third-order valence-corrected chi connectivity index (χ3v) is 3.32. The summed E-state index contributed by atoms with van der Waals surface area (Å²) in [6.45, 7) is 6.65. The summed E-state index contributed by atoms with van der Waals surface area (Å²) in [5.41, 5.74) is 0. The van der Waals surface area contributed by atoms with Crippen molar-refractivity contribution in [1.82, 2.24) is 0 Å². The van der Waals surface area contributed by atoms with Gasteiger partial charge in [0.1, 0.15) is 6.79 Å². The van der Waals surface area contributed by atoms with E-state index in [1.807, 2.05) is 0 Å². The van der Waals surface area contributed by atoms with Gasteiger partial charge in [-0.25, -0.2) is 0 Å². The Bertz CT molecular complexity index is 140. The first-order chi connectivity index (χ1) is 8.27. The molecule has 0 radical (unpaired) electrons. The predicted octanol–water partition coefficient (Wildman–Crippen LogP) is 4.94. The molecule has 0 amide bonds. The monoisotopic (exact) mass is 356 g/mol. The Hall–Kier alpha value is 0.650. The number of alkyl halides is 1. The van der Waals surface area contributed by atoms with Crippen molar-refractivity contribution >= 4 is 22.6 Å². The summed E-state index contributed by atoms with van der Waals surface area (Å²) in [5.74, 6) is 0. The zero-order chi connectivity index (χ0) is 12.8. The van der Waals surface area contributed by atoms with Gasteiger partial charge in [0.15, 0.2) is 0 Å². The van der Waals surface area contributed by atoms with E-state index in [1.165, 1.54) is 44.9 Å². The van der Waals surface area contributed by atoms with Crippen LogP contribution in [0.1, 0.15) is 65.2 Å². The fraction of sp³-hybridized carbons (Fsp3) is 1.00. The Morgan fingerprint density at radius 2 is 1.47 bits per heavy atom.